The molecule has 0 saturated heterocycles. The molecule has 0 aromatic heterocycles. The van der Waals surface area contributed by atoms with E-state index < -0.39 is 0 Å². The number of benzene rings is 2. The van der Waals surface area contributed by atoms with E-state index in [9.17, 15) is 0 Å². The fraction of sp³-hybridized carbons (Fsp3) is 0.250. The third-order valence-electron chi connectivity index (χ3n) is 3.25. The van der Waals surface area contributed by atoms with Crippen LogP contribution in [0.5, 0.6) is 11.5 Å². The highest BCUT2D eigenvalue weighted by atomic mass is 79.9. The fourth-order valence-corrected chi connectivity index (χ4v) is 2.88. The van der Waals surface area contributed by atoms with Gasteiger partial charge in [-0.3, -0.25) is 0 Å². The van der Waals surface area contributed by atoms with Gasteiger partial charge in [-0.25, -0.2) is 0 Å². The molecule has 21 heavy (non-hydrogen) atoms. The number of hydrogen-bond donors (Lipinski definition) is 1. The first-order chi connectivity index (χ1) is 10.2. The van der Waals surface area contributed by atoms with Gasteiger partial charge in [-0.1, -0.05) is 33.6 Å². The molecule has 1 aliphatic heterocycles. The van der Waals surface area contributed by atoms with E-state index >= 15 is 0 Å². The van der Waals surface area contributed by atoms with Gasteiger partial charge in [0, 0.05) is 34.2 Å². The molecule has 1 N–H and O–H groups in total. The summed E-state index contributed by atoms with van der Waals surface area (Å²) in [6.45, 7) is 2.05. The van der Waals surface area contributed by atoms with E-state index in [1.807, 2.05) is 36.4 Å². The van der Waals surface area contributed by atoms with Crippen molar-refractivity contribution in [2.45, 2.75) is 13.0 Å². The minimum Gasteiger partial charge on any atom is -0.490 e. The topological polar surface area (TPSA) is 30.5 Å². The highest BCUT2D eigenvalue weighted by Crippen LogP contribution is 2.32. The monoisotopic (exact) mass is 367 g/mol. The van der Waals surface area contributed by atoms with Gasteiger partial charge < -0.3 is 14.8 Å². The molecule has 0 atom stereocenters. The van der Waals surface area contributed by atoms with Crippen LogP contribution in [0.15, 0.2) is 40.9 Å². The summed E-state index contributed by atoms with van der Waals surface area (Å²) in [5.74, 6) is 1.60. The zero-order chi connectivity index (χ0) is 14.7. The van der Waals surface area contributed by atoms with Crippen LogP contribution in [-0.2, 0) is 6.54 Å². The van der Waals surface area contributed by atoms with Crippen molar-refractivity contribution in [3.8, 4) is 11.5 Å². The second kappa shape index (κ2) is 6.58. The highest BCUT2D eigenvalue weighted by Gasteiger charge is 2.10. The summed E-state index contributed by atoms with van der Waals surface area (Å²) in [7, 11) is 0. The van der Waals surface area contributed by atoms with Gasteiger partial charge in [0.25, 0.3) is 0 Å². The molecule has 0 fully saturated rings. The zero-order valence-electron chi connectivity index (χ0n) is 11.4. The van der Waals surface area contributed by atoms with Gasteiger partial charge >= 0.3 is 0 Å². The van der Waals surface area contributed by atoms with E-state index in [1.165, 1.54) is 0 Å². The summed E-state index contributed by atoms with van der Waals surface area (Å²) in [5, 5.41) is 4.10. The first-order valence-electron chi connectivity index (χ1n) is 6.80. The average Bonchev–Trinajstić information content (AvgIpc) is 2.71. The number of nitrogens with one attached hydrogen (secondary N) is 1. The van der Waals surface area contributed by atoms with Gasteiger partial charge in [0.1, 0.15) is 0 Å². The van der Waals surface area contributed by atoms with Crippen molar-refractivity contribution in [1.29, 1.82) is 0 Å². The van der Waals surface area contributed by atoms with Gasteiger partial charge in [-0.05, 0) is 29.8 Å². The molecule has 110 valence electrons. The summed E-state index contributed by atoms with van der Waals surface area (Å²) < 4.78 is 12.3. The molecule has 0 aliphatic carbocycles. The van der Waals surface area contributed by atoms with Crippen LogP contribution in [-0.4, -0.2) is 13.2 Å². The summed E-state index contributed by atoms with van der Waals surface area (Å²) in [6.07, 6.45) is 0.909. The lowest BCUT2D eigenvalue weighted by Gasteiger charge is -2.12. The zero-order valence-corrected chi connectivity index (χ0v) is 13.7. The van der Waals surface area contributed by atoms with Crippen molar-refractivity contribution >= 4 is 33.2 Å². The number of halogens is 2. The molecule has 3 rings (SSSR count). The van der Waals surface area contributed by atoms with Crippen molar-refractivity contribution in [1.82, 2.24) is 0 Å². The standard InChI is InChI=1S/C16H15BrClNO2/c17-12-3-2-11(14(18)8-12)10-19-13-4-5-15-16(9-13)21-7-1-6-20-15/h2-5,8-9,19H,1,6-7,10H2. The van der Waals surface area contributed by atoms with Gasteiger partial charge in [-0.2, -0.15) is 0 Å². The molecule has 0 amide bonds. The molecule has 1 aliphatic rings. The van der Waals surface area contributed by atoms with E-state index in [0.717, 1.165) is 38.7 Å². The average molecular weight is 369 g/mol. The minimum absolute atomic E-state index is 0.658. The second-order valence-corrected chi connectivity index (χ2v) is 6.12. The predicted octanol–water partition coefficient (Wildman–Crippen LogP) is 4.88. The van der Waals surface area contributed by atoms with Gasteiger partial charge in [0.2, 0.25) is 0 Å². The van der Waals surface area contributed by atoms with Crippen molar-refractivity contribution in [3.63, 3.8) is 0 Å². The first kappa shape index (κ1) is 14.5. The molecule has 2 aromatic rings. The van der Waals surface area contributed by atoms with Crippen LogP contribution >= 0.6 is 27.5 Å². The molecule has 1 heterocycles. The van der Waals surface area contributed by atoms with E-state index in [0.29, 0.717) is 19.8 Å². The van der Waals surface area contributed by atoms with E-state index in [4.69, 9.17) is 21.1 Å². The maximum Gasteiger partial charge on any atom is 0.163 e. The second-order valence-electron chi connectivity index (χ2n) is 4.80. The number of rotatable bonds is 3. The molecular weight excluding hydrogens is 354 g/mol. The quantitative estimate of drug-likeness (QED) is 0.838. The third kappa shape index (κ3) is 3.63. The van der Waals surface area contributed by atoms with Crippen molar-refractivity contribution in [2.75, 3.05) is 18.5 Å². The number of hydrogen-bond acceptors (Lipinski definition) is 3. The number of ether oxygens (including phenoxy) is 2. The van der Waals surface area contributed by atoms with Gasteiger partial charge in [-0.15, -0.1) is 0 Å². The Hall–Kier alpha value is -1.39. The highest BCUT2D eigenvalue weighted by molar-refractivity contribution is 9.10. The lowest BCUT2D eigenvalue weighted by molar-refractivity contribution is 0.297. The molecule has 0 radical (unpaired) electrons. The Morgan fingerprint density at radius 3 is 2.67 bits per heavy atom. The smallest absolute Gasteiger partial charge is 0.163 e. The minimum atomic E-state index is 0.658. The fourth-order valence-electron chi connectivity index (χ4n) is 2.14. The Labute approximate surface area is 137 Å². The molecule has 0 spiro atoms. The maximum absolute atomic E-state index is 6.22. The van der Waals surface area contributed by atoms with Crippen LogP contribution in [0.4, 0.5) is 5.69 Å². The molecule has 0 unspecified atom stereocenters. The normalized spacial score (nSPS) is 13.6. The van der Waals surface area contributed by atoms with Crippen molar-refractivity contribution < 1.29 is 9.47 Å². The van der Waals surface area contributed by atoms with Gasteiger partial charge in [0.05, 0.1) is 13.2 Å². The summed E-state index contributed by atoms with van der Waals surface area (Å²) in [5.41, 5.74) is 2.03. The maximum atomic E-state index is 6.22. The lowest BCUT2D eigenvalue weighted by Crippen LogP contribution is -2.01. The lowest BCUT2D eigenvalue weighted by atomic mass is 10.2. The van der Waals surface area contributed by atoms with E-state index in [2.05, 4.69) is 21.2 Å². The molecular formula is C16H15BrClNO2. The Bertz CT molecular complexity index is 648. The molecule has 3 nitrogen and oxygen atoms in total. The molecule has 5 heteroatoms. The van der Waals surface area contributed by atoms with Crippen LogP contribution in [0.2, 0.25) is 5.02 Å². The largest absolute Gasteiger partial charge is 0.490 e. The Kier molecular flexibility index (Phi) is 4.56. The Morgan fingerprint density at radius 1 is 1.05 bits per heavy atom. The van der Waals surface area contributed by atoms with E-state index in [1.54, 1.807) is 0 Å². The number of fused-ring (bicyclic) bond motifs is 1. The van der Waals surface area contributed by atoms with Crippen molar-refractivity contribution in [2.24, 2.45) is 0 Å². The number of anilines is 1. The summed E-state index contributed by atoms with van der Waals surface area (Å²) in [6, 6.07) is 11.8. The van der Waals surface area contributed by atoms with Crippen molar-refractivity contribution in [3.05, 3.63) is 51.5 Å². The summed E-state index contributed by atoms with van der Waals surface area (Å²) >= 11 is 9.62. The molecule has 0 bridgehead atoms. The van der Waals surface area contributed by atoms with Gasteiger partial charge in [0.15, 0.2) is 11.5 Å². The predicted molar refractivity (Wildman–Crippen MR) is 88.5 cm³/mol. The third-order valence-corrected chi connectivity index (χ3v) is 4.09. The first-order valence-corrected chi connectivity index (χ1v) is 7.97. The van der Waals surface area contributed by atoms with Crippen LogP contribution in [0.1, 0.15) is 12.0 Å². The Morgan fingerprint density at radius 2 is 1.86 bits per heavy atom. The molecule has 0 saturated carbocycles. The molecule has 2 aromatic carbocycles. The SMILES string of the molecule is Clc1cc(Br)ccc1CNc1ccc2c(c1)OCCCO2. The Balaban J connectivity index is 1.72. The van der Waals surface area contributed by atoms with Crippen LogP contribution in [0.25, 0.3) is 0 Å². The van der Waals surface area contributed by atoms with Crippen LogP contribution in [0.3, 0.4) is 0 Å². The van der Waals surface area contributed by atoms with E-state index in [-0.39, 0.29) is 0 Å². The van der Waals surface area contributed by atoms with Crippen LogP contribution in [0, 0.1) is 0 Å². The van der Waals surface area contributed by atoms with Crippen LogP contribution < -0.4 is 14.8 Å². The summed E-state index contributed by atoms with van der Waals surface area (Å²) in [4.78, 5) is 0.